The highest BCUT2D eigenvalue weighted by Crippen LogP contribution is 2.48. The van der Waals surface area contributed by atoms with E-state index < -0.39 is 64.0 Å². The highest BCUT2D eigenvalue weighted by molar-refractivity contribution is 6.04. The molecule has 0 aromatic heterocycles. The van der Waals surface area contributed by atoms with E-state index in [1.165, 1.54) is 35.2 Å². The number of morpholine rings is 1. The monoisotopic (exact) mass is 604 g/mol. The molecule has 4 aliphatic heterocycles. The molecule has 2 saturated heterocycles. The van der Waals surface area contributed by atoms with Crippen molar-refractivity contribution in [3.05, 3.63) is 77.0 Å². The first kappa shape index (κ1) is 29.5. The molecule has 3 atom stereocenters. The van der Waals surface area contributed by atoms with E-state index in [2.05, 4.69) is 11.9 Å². The predicted molar refractivity (Wildman–Crippen MR) is 137 cm³/mol. The van der Waals surface area contributed by atoms with Crippen LogP contribution in [0.5, 0.6) is 0 Å². The van der Waals surface area contributed by atoms with Gasteiger partial charge in [-0.3, -0.25) is 14.5 Å². The number of aliphatic hydroxyl groups is 8. The van der Waals surface area contributed by atoms with E-state index in [1.54, 1.807) is 6.07 Å². The first-order chi connectivity index (χ1) is 20.1. The minimum absolute atomic E-state index is 0.0595. The van der Waals surface area contributed by atoms with Crippen LogP contribution < -0.4 is 10.6 Å². The van der Waals surface area contributed by atoms with Gasteiger partial charge in [-0.15, -0.1) is 0 Å². The van der Waals surface area contributed by atoms with Crippen LogP contribution >= 0.6 is 0 Å². The lowest BCUT2D eigenvalue weighted by molar-refractivity contribution is -0.542. The summed E-state index contributed by atoms with van der Waals surface area (Å²) in [5, 5.41) is 91.8. The van der Waals surface area contributed by atoms with Gasteiger partial charge in [0.15, 0.2) is 6.04 Å². The smallest absolute Gasteiger partial charge is 0.305 e. The van der Waals surface area contributed by atoms with Gasteiger partial charge in [-0.1, -0.05) is 36.9 Å². The molecular weight excluding hydrogens is 576 g/mol. The van der Waals surface area contributed by atoms with Crippen molar-refractivity contribution in [2.75, 3.05) is 31.6 Å². The number of carbonyl (C=O) groups excluding carboxylic acids is 2. The second-order valence-corrected chi connectivity index (χ2v) is 10.5. The number of anilines is 1. The van der Waals surface area contributed by atoms with E-state index in [4.69, 9.17) is 14.5 Å². The first-order valence-electron chi connectivity index (χ1n) is 12.9. The van der Waals surface area contributed by atoms with E-state index in [0.717, 1.165) is 6.07 Å². The molecule has 4 heterocycles. The van der Waals surface area contributed by atoms with Crippen molar-refractivity contribution in [2.45, 2.75) is 35.3 Å². The molecule has 0 bridgehead atoms. The van der Waals surface area contributed by atoms with Crippen LogP contribution in [-0.2, 0) is 37.0 Å². The van der Waals surface area contributed by atoms with Gasteiger partial charge in [0.05, 0.1) is 30.0 Å². The first-order valence-corrected chi connectivity index (χ1v) is 12.9. The molecule has 43 heavy (non-hydrogen) atoms. The molecule has 0 radical (unpaired) electrons. The number of hydrogen-bond donors (Lipinski definition) is 10. The summed E-state index contributed by atoms with van der Waals surface area (Å²) < 4.78 is 5.32. The Morgan fingerprint density at radius 2 is 1.53 bits per heavy atom. The maximum absolute atomic E-state index is 13.4. The van der Waals surface area contributed by atoms with E-state index in [0.29, 0.717) is 0 Å². The summed E-state index contributed by atoms with van der Waals surface area (Å²) in [7, 11) is 0. The van der Waals surface area contributed by atoms with Crippen LogP contribution in [-0.4, -0.2) is 106 Å². The number of nitrogens with zero attached hydrogens (tertiary/aromatic N) is 2. The van der Waals surface area contributed by atoms with Gasteiger partial charge < -0.3 is 56.2 Å². The van der Waals surface area contributed by atoms with Crippen LogP contribution in [0, 0.1) is 0 Å². The largest absolute Gasteiger partial charge is 0.379 e. The number of fused-ring (bicyclic) bond motifs is 2. The number of piperidine rings is 1. The standard InChI is InChI=1S/C26H28N4O13/c1-13-22(33,34)23(35,36)19(20(31)27-13)30-21(32)14-5-4-8-17(18(14)25(30,38)39)28-24(37)15-6-2-3-7-16(15)26(40,43-42-24)29-9-11-41-12-10-29/h2-8,19,28,33-40H,1,9-12H2,(H,27,31). The average molecular weight is 605 g/mol. The van der Waals surface area contributed by atoms with Gasteiger partial charge in [-0.25, -0.2) is 4.90 Å². The van der Waals surface area contributed by atoms with Gasteiger partial charge in [-0.05, 0) is 12.1 Å². The Balaban J connectivity index is 1.40. The number of amides is 2. The molecule has 0 spiro atoms. The van der Waals surface area contributed by atoms with Crippen molar-refractivity contribution < 1.29 is 65.0 Å². The number of carbonyl (C=O) groups is 2. The van der Waals surface area contributed by atoms with E-state index in [-0.39, 0.29) is 48.0 Å². The quantitative estimate of drug-likeness (QED) is 0.119. The zero-order chi connectivity index (χ0) is 31.2. The van der Waals surface area contributed by atoms with Crippen LogP contribution in [0.3, 0.4) is 0 Å². The van der Waals surface area contributed by atoms with Crippen LogP contribution in [0.2, 0.25) is 0 Å². The Hall–Kier alpha value is -3.56. The summed E-state index contributed by atoms with van der Waals surface area (Å²) in [4.78, 5) is 38.3. The minimum Gasteiger partial charge on any atom is -0.379 e. The fraction of sp³-hybridized carbons (Fsp3) is 0.385. The van der Waals surface area contributed by atoms with Crippen molar-refractivity contribution in [3.63, 3.8) is 0 Å². The van der Waals surface area contributed by atoms with Gasteiger partial charge in [0, 0.05) is 29.9 Å². The van der Waals surface area contributed by atoms with Crippen molar-refractivity contribution in [1.82, 2.24) is 15.1 Å². The van der Waals surface area contributed by atoms with E-state index in [1.807, 2.05) is 5.32 Å². The number of ether oxygens (including phenoxy) is 1. The van der Waals surface area contributed by atoms with Gasteiger partial charge in [0.2, 0.25) is 0 Å². The fourth-order valence-electron chi connectivity index (χ4n) is 5.71. The predicted octanol–water partition coefficient (Wildman–Crippen LogP) is -3.78. The third kappa shape index (κ3) is 4.04. The zero-order valence-electron chi connectivity index (χ0n) is 22.2. The molecule has 2 aromatic carbocycles. The molecule has 230 valence electrons. The van der Waals surface area contributed by atoms with Crippen LogP contribution in [0.4, 0.5) is 5.69 Å². The van der Waals surface area contributed by atoms with Gasteiger partial charge in [0.25, 0.3) is 35.2 Å². The lowest BCUT2D eigenvalue weighted by Gasteiger charge is -2.49. The zero-order valence-corrected chi connectivity index (χ0v) is 22.2. The Bertz CT molecular complexity index is 1520. The molecule has 4 aliphatic rings. The van der Waals surface area contributed by atoms with Gasteiger partial charge in [0.1, 0.15) is 0 Å². The second kappa shape index (κ2) is 9.47. The highest BCUT2D eigenvalue weighted by atomic mass is 17.3. The highest BCUT2D eigenvalue weighted by Gasteiger charge is 2.68. The summed E-state index contributed by atoms with van der Waals surface area (Å²) in [5.74, 6) is -18.6. The number of hydrogen-bond acceptors (Lipinski definition) is 15. The maximum atomic E-state index is 13.4. The third-order valence-corrected chi connectivity index (χ3v) is 7.95. The molecule has 0 saturated carbocycles. The number of benzene rings is 2. The lowest BCUT2D eigenvalue weighted by atomic mass is 9.88. The van der Waals surface area contributed by atoms with Crippen LogP contribution in [0.15, 0.2) is 54.7 Å². The average Bonchev–Trinajstić information content (AvgIpc) is 3.16. The molecule has 3 unspecified atom stereocenters. The molecular formula is C26H28N4O13. The summed E-state index contributed by atoms with van der Waals surface area (Å²) >= 11 is 0. The second-order valence-electron chi connectivity index (χ2n) is 10.5. The molecule has 10 N–H and O–H groups in total. The third-order valence-electron chi connectivity index (χ3n) is 7.95. The van der Waals surface area contributed by atoms with Crippen LogP contribution in [0.1, 0.15) is 27.0 Å². The topological polar surface area (TPSA) is 254 Å². The SMILES string of the molecule is C=C1NC(=O)C(N2C(=O)c3cccc(NC4(O)OOC(O)(N5CCOCC5)c5ccccc54)c3C2(O)O)C(O)(O)C1(O)O. The van der Waals surface area contributed by atoms with E-state index in [9.17, 15) is 50.4 Å². The lowest BCUT2D eigenvalue weighted by Crippen LogP contribution is -2.77. The normalized spacial score (nSPS) is 31.3. The molecule has 0 aliphatic carbocycles. The number of nitrogens with one attached hydrogen (secondary N) is 2. The Morgan fingerprint density at radius 1 is 0.884 bits per heavy atom. The van der Waals surface area contributed by atoms with Crippen molar-refractivity contribution in [1.29, 1.82) is 0 Å². The molecule has 17 heteroatoms. The Kier molecular flexibility index (Phi) is 6.50. The molecule has 17 nitrogen and oxygen atoms in total. The van der Waals surface area contributed by atoms with E-state index >= 15 is 0 Å². The fourth-order valence-corrected chi connectivity index (χ4v) is 5.71. The number of rotatable bonds is 4. The molecule has 2 amide bonds. The maximum Gasteiger partial charge on any atom is 0.305 e. The molecule has 6 rings (SSSR count). The van der Waals surface area contributed by atoms with Gasteiger partial charge in [-0.2, -0.15) is 9.78 Å². The Morgan fingerprint density at radius 3 is 2.21 bits per heavy atom. The Labute approximate surface area is 241 Å². The molecule has 2 aromatic rings. The molecule has 2 fully saturated rings. The van der Waals surface area contributed by atoms with Crippen molar-refractivity contribution >= 4 is 17.5 Å². The summed E-state index contributed by atoms with van der Waals surface area (Å²) in [6, 6.07) is 6.83. The van der Waals surface area contributed by atoms with Crippen molar-refractivity contribution in [2.24, 2.45) is 0 Å². The summed E-state index contributed by atoms with van der Waals surface area (Å²) in [6.45, 7) is 4.23. The van der Waals surface area contributed by atoms with Crippen molar-refractivity contribution in [3.8, 4) is 0 Å². The summed E-state index contributed by atoms with van der Waals surface area (Å²) in [5.41, 5.74) is -2.48. The van der Waals surface area contributed by atoms with Gasteiger partial charge >= 0.3 is 5.91 Å². The van der Waals surface area contributed by atoms with Crippen LogP contribution in [0.25, 0.3) is 0 Å². The summed E-state index contributed by atoms with van der Waals surface area (Å²) in [6.07, 6.45) is 0. The minimum atomic E-state index is -3.88.